The molecule has 256 valence electrons. The van der Waals surface area contributed by atoms with Gasteiger partial charge in [0.05, 0.1) is 0 Å². The summed E-state index contributed by atoms with van der Waals surface area (Å²) in [5, 5.41) is 24.9. The molecule has 6 aromatic rings. The predicted molar refractivity (Wildman–Crippen MR) is 191 cm³/mol. The second-order valence-corrected chi connectivity index (χ2v) is 13.3. The molecule has 0 spiro atoms. The largest absolute Gasteiger partial charge is 0.480 e. The van der Waals surface area contributed by atoms with Crippen LogP contribution in [0.2, 0.25) is 0 Å². The quantitative estimate of drug-likeness (QED) is 0.132. The number of carboxylic acid groups (broad SMARTS) is 2. The average Bonchev–Trinajstić information content (AvgIpc) is 3.64. The second-order valence-electron chi connectivity index (χ2n) is 13.3. The van der Waals surface area contributed by atoms with E-state index in [9.17, 15) is 19.8 Å². The van der Waals surface area contributed by atoms with Gasteiger partial charge in [0.15, 0.2) is 5.41 Å². The molecule has 0 saturated carbocycles. The molecule has 51 heavy (non-hydrogen) atoms. The zero-order valence-corrected chi connectivity index (χ0v) is 27.8. The topological polar surface area (TPSA) is 117 Å². The number of carboxylic acids is 2. The van der Waals surface area contributed by atoms with Gasteiger partial charge < -0.3 is 14.7 Å². The number of likely N-dealkylation sites (tertiary alicyclic amines) is 1. The third-order valence-electron chi connectivity index (χ3n) is 9.99. The third-order valence-corrected chi connectivity index (χ3v) is 9.99. The zero-order valence-electron chi connectivity index (χ0n) is 27.8. The number of piperidine rings is 1. The number of halogens is 1. The Balaban J connectivity index is 1.17. The minimum Gasteiger partial charge on any atom is -0.480 e. The van der Waals surface area contributed by atoms with Crippen molar-refractivity contribution in [3.8, 4) is 34.0 Å². The van der Waals surface area contributed by atoms with Crippen LogP contribution < -0.4 is 0 Å². The number of carbonyl (C=O) groups is 2. The van der Waals surface area contributed by atoms with Gasteiger partial charge in [0.2, 0.25) is 5.82 Å². The third kappa shape index (κ3) is 6.93. The number of aliphatic carboxylic acids is 2. The molecule has 0 atom stereocenters. The van der Waals surface area contributed by atoms with E-state index in [0.29, 0.717) is 41.9 Å². The SMILES string of the molecule is O=C(O)C1(C(=O)O)CCN(Cc2ccc(-c3noc(-c4ccc(-c5ccccc5)c(F)c4)n3)cc2)C(Cc2ccccc2)(Cc2ccccc2)C1. The molecule has 2 heterocycles. The Bertz CT molecular complexity index is 2080. The molecule has 0 unspecified atom stereocenters. The summed E-state index contributed by atoms with van der Waals surface area (Å²) >= 11 is 0. The van der Waals surface area contributed by atoms with E-state index in [-0.39, 0.29) is 31.1 Å². The van der Waals surface area contributed by atoms with Crippen molar-refractivity contribution in [3.05, 3.63) is 156 Å². The molecule has 0 aliphatic carbocycles. The van der Waals surface area contributed by atoms with E-state index in [0.717, 1.165) is 22.3 Å². The van der Waals surface area contributed by atoms with Crippen molar-refractivity contribution in [3.63, 3.8) is 0 Å². The fourth-order valence-corrected chi connectivity index (χ4v) is 7.33. The number of benzene rings is 5. The van der Waals surface area contributed by atoms with Crippen LogP contribution in [0.3, 0.4) is 0 Å². The van der Waals surface area contributed by atoms with E-state index < -0.39 is 22.9 Å². The van der Waals surface area contributed by atoms with Crippen LogP contribution in [0.15, 0.2) is 138 Å². The van der Waals surface area contributed by atoms with Gasteiger partial charge in [0, 0.05) is 35.3 Å². The predicted octanol–water partition coefficient (Wildman–Crippen LogP) is 8.19. The molecule has 1 saturated heterocycles. The summed E-state index contributed by atoms with van der Waals surface area (Å²) in [5.74, 6) is -2.44. The highest BCUT2D eigenvalue weighted by Gasteiger charge is 2.57. The van der Waals surface area contributed by atoms with Gasteiger partial charge in [-0.05, 0) is 60.1 Å². The number of nitrogens with zero attached hydrogens (tertiary/aromatic N) is 3. The van der Waals surface area contributed by atoms with Gasteiger partial charge in [0.25, 0.3) is 5.89 Å². The van der Waals surface area contributed by atoms with Crippen LogP contribution in [-0.4, -0.2) is 49.3 Å². The summed E-state index contributed by atoms with van der Waals surface area (Å²) in [6.45, 7) is 0.758. The summed E-state index contributed by atoms with van der Waals surface area (Å²) in [5.41, 5.74) is 2.68. The number of hydrogen-bond acceptors (Lipinski definition) is 6. The monoisotopic (exact) mass is 681 g/mol. The number of hydrogen-bond donors (Lipinski definition) is 2. The highest BCUT2D eigenvalue weighted by molar-refractivity contribution is 5.98. The fourth-order valence-electron chi connectivity index (χ4n) is 7.33. The van der Waals surface area contributed by atoms with Crippen LogP contribution in [0.5, 0.6) is 0 Å². The molecule has 1 fully saturated rings. The molecule has 2 N–H and O–H groups in total. The number of aromatic nitrogens is 2. The lowest BCUT2D eigenvalue weighted by molar-refractivity contribution is -0.174. The van der Waals surface area contributed by atoms with Gasteiger partial charge in [-0.2, -0.15) is 4.98 Å². The molecule has 1 aliphatic heterocycles. The molecule has 5 aromatic carbocycles. The maximum atomic E-state index is 15.1. The molecular weight excluding hydrogens is 645 g/mol. The van der Waals surface area contributed by atoms with Gasteiger partial charge in [-0.1, -0.05) is 126 Å². The van der Waals surface area contributed by atoms with E-state index >= 15 is 4.39 Å². The first kappa shape index (κ1) is 33.6. The Morgan fingerprint density at radius 2 is 1.27 bits per heavy atom. The normalized spacial score (nSPS) is 15.3. The molecule has 0 radical (unpaired) electrons. The van der Waals surface area contributed by atoms with Crippen LogP contribution in [0, 0.1) is 11.2 Å². The van der Waals surface area contributed by atoms with Crippen LogP contribution in [0.25, 0.3) is 34.0 Å². The van der Waals surface area contributed by atoms with Crippen molar-refractivity contribution in [2.45, 2.75) is 37.8 Å². The van der Waals surface area contributed by atoms with E-state index in [4.69, 9.17) is 4.52 Å². The first-order chi connectivity index (χ1) is 24.7. The Hall–Kier alpha value is -5.93. The lowest BCUT2D eigenvalue weighted by Crippen LogP contribution is -2.62. The summed E-state index contributed by atoms with van der Waals surface area (Å²) in [6.07, 6.45) is 0.883. The lowest BCUT2D eigenvalue weighted by Gasteiger charge is -2.52. The Morgan fingerprint density at radius 1 is 0.706 bits per heavy atom. The van der Waals surface area contributed by atoms with Gasteiger partial charge in [-0.15, -0.1) is 0 Å². The van der Waals surface area contributed by atoms with Crippen molar-refractivity contribution in [1.82, 2.24) is 15.0 Å². The molecule has 9 heteroatoms. The lowest BCUT2D eigenvalue weighted by atomic mass is 9.65. The van der Waals surface area contributed by atoms with Gasteiger partial charge >= 0.3 is 11.9 Å². The van der Waals surface area contributed by atoms with E-state index in [1.807, 2.05) is 115 Å². The number of rotatable bonds is 11. The first-order valence-corrected chi connectivity index (χ1v) is 16.8. The molecular formula is C42H36FN3O5. The summed E-state index contributed by atoms with van der Waals surface area (Å²) < 4.78 is 20.6. The molecule has 0 bridgehead atoms. The second kappa shape index (κ2) is 14.1. The highest BCUT2D eigenvalue weighted by Crippen LogP contribution is 2.45. The van der Waals surface area contributed by atoms with Crippen molar-refractivity contribution >= 4 is 11.9 Å². The molecule has 1 aliphatic rings. The van der Waals surface area contributed by atoms with Crippen LogP contribution in [0.4, 0.5) is 4.39 Å². The average molecular weight is 682 g/mol. The maximum Gasteiger partial charge on any atom is 0.321 e. The van der Waals surface area contributed by atoms with E-state index in [1.165, 1.54) is 6.07 Å². The van der Waals surface area contributed by atoms with Gasteiger partial charge in [-0.25, -0.2) is 4.39 Å². The van der Waals surface area contributed by atoms with E-state index in [1.54, 1.807) is 12.1 Å². The Kier molecular flexibility index (Phi) is 9.30. The van der Waals surface area contributed by atoms with Crippen LogP contribution in [0.1, 0.15) is 29.5 Å². The van der Waals surface area contributed by atoms with Crippen molar-refractivity contribution in [2.24, 2.45) is 5.41 Å². The summed E-state index contributed by atoms with van der Waals surface area (Å²) in [7, 11) is 0. The minimum absolute atomic E-state index is 0.0142. The van der Waals surface area contributed by atoms with Gasteiger partial charge in [-0.3, -0.25) is 14.5 Å². The smallest absolute Gasteiger partial charge is 0.321 e. The fraction of sp³-hybridized carbons (Fsp3) is 0.190. The van der Waals surface area contributed by atoms with Gasteiger partial charge in [0.1, 0.15) is 5.82 Å². The maximum absolute atomic E-state index is 15.1. The zero-order chi connectivity index (χ0) is 35.4. The van der Waals surface area contributed by atoms with Crippen molar-refractivity contribution in [1.29, 1.82) is 0 Å². The minimum atomic E-state index is -1.91. The van der Waals surface area contributed by atoms with E-state index in [2.05, 4.69) is 15.0 Å². The highest BCUT2D eigenvalue weighted by atomic mass is 19.1. The molecule has 8 nitrogen and oxygen atoms in total. The van der Waals surface area contributed by atoms with Crippen molar-refractivity contribution < 1.29 is 28.7 Å². The summed E-state index contributed by atoms with van der Waals surface area (Å²) in [4.78, 5) is 32.2. The molecule has 0 amide bonds. The van der Waals surface area contributed by atoms with Crippen LogP contribution >= 0.6 is 0 Å². The summed E-state index contributed by atoms with van der Waals surface area (Å²) in [6, 6.07) is 41.5. The first-order valence-electron chi connectivity index (χ1n) is 16.8. The molecule has 1 aromatic heterocycles. The van der Waals surface area contributed by atoms with Crippen molar-refractivity contribution in [2.75, 3.05) is 6.54 Å². The standard InChI is InChI=1S/C42H36FN3O5/c43-36-24-34(20-21-35(36)32-14-8-3-9-15-32)38-44-37(45-51-38)33-18-16-31(17-19-33)27-46-23-22-42(39(47)48,40(49)50)28-41(46,25-29-10-4-1-5-11-29)26-30-12-6-2-7-13-30/h1-21,24H,22-23,25-28H2,(H,47,48)(H,49,50). The Morgan fingerprint density at radius 3 is 1.84 bits per heavy atom. The Labute approximate surface area is 294 Å². The van der Waals surface area contributed by atoms with Crippen LogP contribution in [-0.2, 0) is 29.0 Å². The molecule has 7 rings (SSSR count).